The molecule has 33 heavy (non-hydrogen) atoms. The maximum absolute atomic E-state index is 13.9. The number of aromatic nitrogens is 5. The van der Waals surface area contributed by atoms with Gasteiger partial charge in [0.2, 0.25) is 5.91 Å². The topological polar surface area (TPSA) is 94.2 Å². The number of pyridine rings is 1. The Morgan fingerprint density at radius 2 is 1.97 bits per heavy atom. The van der Waals surface area contributed by atoms with Gasteiger partial charge in [0.05, 0.1) is 22.2 Å². The van der Waals surface area contributed by atoms with Crippen LogP contribution >= 0.6 is 0 Å². The molecule has 0 saturated heterocycles. The number of carbonyl (C=O) groups excluding carboxylic acids is 1. The Morgan fingerprint density at radius 3 is 2.67 bits per heavy atom. The summed E-state index contributed by atoms with van der Waals surface area (Å²) in [5.74, 6) is -3.26. The minimum Gasteiger partial charge on any atom is -0.323 e. The Balaban J connectivity index is 1.48. The summed E-state index contributed by atoms with van der Waals surface area (Å²) in [6.45, 7) is 5.06. The first kappa shape index (κ1) is 21.2. The van der Waals surface area contributed by atoms with Crippen LogP contribution in [0, 0.1) is 0 Å². The molecular formula is C23H22F2N6O2. The summed E-state index contributed by atoms with van der Waals surface area (Å²) in [6.07, 6.45) is 2.97. The van der Waals surface area contributed by atoms with Crippen molar-refractivity contribution >= 4 is 28.0 Å². The van der Waals surface area contributed by atoms with Gasteiger partial charge in [-0.25, -0.2) is 13.5 Å². The van der Waals surface area contributed by atoms with Crippen molar-refractivity contribution in [3.8, 4) is 0 Å². The third-order valence-electron chi connectivity index (χ3n) is 6.30. The second kappa shape index (κ2) is 7.16. The van der Waals surface area contributed by atoms with E-state index in [0.29, 0.717) is 33.4 Å². The lowest BCUT2D eigenvalue weighted by Gasteiger charge is -2.16. The fourth-order valence-electron chi connectivity index (χ4n) is 4.14. The van der Waals surface area contributed by atoms with Crippen molar-refractivity contribution in [2.45, 2.75) is 51.0 Å². The van der Waals surface area contributed by atoms with Crippen LogP contribution in [0.2, 0.25) is 0 Å². The minimum atomic E-state index is -2.75. The third kappa shape index (κ3) is 3.46. The van der Waals surface area contributed by atoms with Gasteiger partial charge in [-0.1, -0.05) is 19.9 Å². The molecule has 5 rings (SSSR count). The van der Waals surface area contributed by atoms with E-state index >= 15 is 0 Å². The van der Waals surface area contributed by atoms with Gasteiger partial charge in [0.15, 0.2) is 5.65 Å². The van der Waals surface area contributed by atoms with Gasteiger partial charge in [-0.05, 0) is 42.7 Å². The summed E-state index contributed by atoms with van der Waals surface area (Å²) in [5, 5.41) is 15.8. The summed E-state index contributed by atoms with van der Waals surface area (Å²) in [6, 6.07) is 8.19. The number of nitrogens with zero attached hydrogens (tertiary/aromatic N) is 5. The van der Waals surface area contributed by atoms with E-state index < -0.39 is 22.8 Å². The molecule has 1 unspecified atom stereocenters. The van der Waals surface area contributed by atoms with E-state index in [1.807, 2.05) is 13.8 Å². The van der Waals surface area contributed by atoms with Crippen molar-refractivity contribution in [3.63, 3.8) is 0 Å². The standard InChI is InChI=1S/C23H22F2N6O2/c1-13(2)20-17-8-14(22(3)11-23(22,24)25)4-6-16(17)21(33)31(29-20)10-19(32)27-15-5-7-18-28-26-12-30(18)9-15/h4-9,12-13H,10-11H2,1-3H3,(H,27,32). The highest BCUT2D eigenvalue weighted by Gasteiger charge is 2.68. The van der Waals surface area contributed by atoms with Crippen LogP contribution in [0.25, 0.3) is 16.4 Å². The average Bonchev–Trinajstić information content (AvgIpc) is 3.08. The Kier molecular flexibility index (Phi) is 4.59. The number of alkyl halides is 2. The van der Waals surface area contributed by atoms with Gasteiger partial charge in [0, 0.05) is 18.0 Å². The number of rotatable bonds is 5. The molecule has 3 heterocycles. The lowest BCUT2D eigenvalue weighted by atomic mass is 9.93. The monoisotopic (exact) mass is 452 g/mol. The molecule has 170 valence electrons. The number of halogens is 2. The number of benzene rings is 1. The molecule has 3 aromatic heterocycles. The van der Waals surface area contributed by atoms with Gasteiger partial charge < -0.3 is 5.32 Å². The lowest BCUT2D eigenvalue weighted by molar-refractivity contribution is -0.117. The second-order valence-corrected chi connectivity index (χ2v) is 9.04. The number of hydrogen-bond donors (Lipinski definition) is 1. The fraction of sp³-hybridized carbons (Fsp3) is 0.348. The van der Waals surface area contributed by atoms with E-state index in [2.05, 4.69) is 20.6 Å². The first-order valence-corrected chi connectivity index (χ1v) is 10.6. The highest BCUT2D eigenvalue weighted by atomic mass is 19.3. The Labute approximate surface area is 187 Å². The van der Waals surface area contributed by atoms with Crippen LogP contribution in [0.1, 0.15) is 44.4 Å². The molecule has 1 fully saturated rings. The Hall–Kier alpha value is -3.69. The number of nitrogens with one attached hydrogen (secondary N) is 1. The van der Waals surface area contributed by atoms with E-state index in [0.717, 1.165) is 4.68 Å². The molecule has 0 bridgehead atoms. The van der Waals surface area contributed by atoms with Crippen molar-refractivity contribution in [1.82, 2.24) is 24.4 Å². The molecule has 1 aromatic carbocycles. The van der Waals surface area contributed by atoms with Gasteiger partial charge in [-0.2, -0.15) is 5.10 Å². The van der Waals surface area contributed by atoms with Crippen molar-refractivity contribution in [3.05, 3.63) is 64.5 Å². The zero-order valence-electron chi connectivity index (χ0n) is 18.3. The molecule has 0 aliphatic heterocycles. The van der Waals surface area contributed by atoms with E-state index in [1.165, 1.54) is 13.3 Å². The quantitative estimate of drug-likeness (QED) is 0.500. The molecule has 8 nitrogen and oxygen atoms in total. The van der Waals surface area contributed by atoms with Crippen LogP contribution in [0.5, 0.6) is 0 Å². The van der Waals surface area contributed by atoms with Crippen LogP contribution in [0.4, 0.5) is 14.5 Å². The number of anilines is 1. The molecule has 1 aliphatic carbocycles. The summed E-state index contributed by atoms with van der Waals surface area (Å²) in [4.78, 5) is 25.7. The maximum Gasteiger partial charge on any atom is 0.275 e. The van der Waals surface area contributed by atoms with Crippen LogP contribution in [-0.4, -0.2) is 36.2 Å². The van der Waals surface area contributed by atoms with Crippen LogP contribution in [-0.2, 0) is 16.8 Å². The van der Waals surface area contributed by atoms with Crippen LogP contribution in [0.15, 0.2) is 47.7 Å². The van der Waals surface area contributed by atoms with Crippen molar-refractivity contribution in [2.24, 2.45) is 0 Å². The maximum atomic E-state index is 13.9. The van der Waals surface area contributed by atoms with Gasteiger partial charge >= 0.3 is 0 Å². The normalized spacial score (nSPS) is 19.3. The summed E-state index contributed by atoms with van der Waals surface area (Å²) < 4.78 is 30.6. The molecule has 4 aromatic rings. The minimum absolute atomic E-state index is 0.0821. The zero-order chi connectivity index (χ0) is 23.5. The molecule has 1 amide bonds. The van der Waals surface area contributed by atoms with Crippen molar-refractivity contribution < 1.29 is 13.6 Å². The van der Waals surface area contributed by atoms with E-state index in [-0.39, 0.29) is 18.9 Å². The summed E-state index contributed by atoms with van der Waals surface area (Å²) in [5.41, 5.74) is 0.558. The zero-order valence-corrected chi connectivity index (χ0v) is 18.3. The smallest absolute Gasteiger partial charge is 0.275 e. The molecule has 1 atom stereocenters. The number of carbonyl (C=O) groups is 1. The second-order valence-electron chi connectivity index (χ2n) is 9.04. The number of hydrogen-bond acceptors (Lipinski definition) is 5. The van der Waals surface area contributed by atoms with Gasteiger partial charge in [0.1, 0.15) is 12.9 Å². The first-order valence-electron chi connectivity index (χ1n) is 10.6. The van der Waals surface area contributed by atoms with Gasteiger partial charge in [0.25, 0.3) is 11.5 Å². The van der Waals surface area contributed by atoms with E-state index in [9.17, 15) is 18.4 Å². The molecule has 10 heteroatoms. The van der Waals surface area contributed by atoms with E-state index in [4.69, 9.17) is 0 Å². The van der Waals surface area contributed by atoms with Crippen LogP contribution < -0.4 is 10.9 Å². The molecule has 0 radical (unpaired) electrons. The SMILES string of the molecule is CC(C)c1nn(CC(=O)Nc2ccc3nncn3c2)c(=O)c2ccc(C3(C)CC3(F)F)cc12. The van der Waals surface area contributed by atoms with E-state index in [1.54, 1.807) is 40.9 Å². The third-order valence-corrected chi connectivity index (χ3v) is 6.30. The highest BCUT2D eigenvalue weighted by Crippen LogP contribution is 2.61. The summed E-state index contributed by atoms with van der Waals surface area (Å²) >= 11 is 0. The average molecular weight is 452 g/mol. The molecule has 0 spiro atoms. The lowest BCUT2D eigenvalue weighted by Crippen LogP contribution is -2.31. The van der Waals surface area contributed by atoms with Crippen molar-refractivity contribution in [1.29, 1.82) is 0 Å². The predicted molar refractivity (Wildman–Crippen MR) is 119 cm³/mol. The van der Waals surface area contributed by atoms with Crippen molar-refractivity contribution in [2.75, 3.05) is 5.32 Å². The fourth-order valence-corrected chi connectivity index (χ4v) is 4.14. The number of amides is 1. The molecule has 1 aliphatic rings. The largest absolute Gasteiger partial charge is 0.323 e. The van der Waals surface area contributed by atoms with Crippen LogP contribution in [0.3, 0.4) is 0 Å². The summed E-state index contributed by atoms with van der Waals surface area (Å²) in [7, 11) is 0. The molecule has 1 saturated carbocycles. The van der Waals surface area contributed by atoms with Gasteiger partial charge in [-0.15, -0.1) is 10.2 Å². The first-order chi connectivity index (χ1) is 15.6. The van der Waals surface area contributed by atoms with Gasteiger partial charge in [-0.3, -0.25) is 14.0 Å². The molecule has 1 N–H and O–H groups in total. The molecular weight excluding hydrogens is 430 g/mol. The Bertz CT molecular complexity index is 1480. The number of fused-ring (bicyclic) bond motifs is 2. The Morgan fingerprint density at radius 1 is 1.21 bits per heavy atom. The predicted octanol–water partition coefficient (Wildman–Crippen LogP) is 3.50. The highest BCUT2D eigenvalue weighted by molar-refractivity contribution is 5.91.